The van der Waals surface area contributed by atoms with E-state index in [2.05, 4.69) is 24.6 Å². The van der Waals surface area contributed by atoms with Gasteiger partial charge in [-0.1, -0.05) is 18.2 Å². The monoisotopic (exact) mass is 494 g/mol. The van der Waals surface area contributed by atoms with Gasteiger partial charge >= 0.3 is 0 Å². The zero-order valence-corrected chi connectivity index (χ0v) is 20.4. The van der Waals surface area contributed by atoms with E-state index in [4.69, 9.17) is 0 Å². The lowest BCUT2D eigenvalue weighted by Gasteiger charge is -2.37. The molecule has 0 spiro atoms. The third-order valence-corrected chi connectivity index (χ3v) is 8.52. The van der Waals surface area contributed by atoms with Crippen molar-refractivity contribution in [1.29, 1.82) is 0 Å². The first-order chi connectivity index (χ1) is 17.0. The van der Waals surface area contributed by atoms with Crippen molar-refractivity contribution in [2.45, 2.75) is 30.6 Å². The normalized spacial score (nSPS) is 21.3. The van der Waals surface area contributed by atoms with Gasteiger partial charge in [0, 0.05) is 62.6 Å². The quantitative estimate of drug-likeness (QED) is 0.561. The van der Waals surface area contributed by atoms with Gasteiger partial charge in [-0.2, -0.15) is 0 Å². The summed E-state index contributed by atoms with van der Waals surface area (Å²) in [6.07, 6.45) is 8.34. The SMILES string of the molecule is O=C(C1CCC(CNS(=O)(=O)c2cccc3cccnc23)CC1)N1CCN(c2ncccn2)CC1. The van der Waals surface area contributed by atoms with Crippen LogP contribution in [-0.2, 0) is 14.8 Å². The Morgan fingerprint density at radius 2 is 1.57 bits per heavy atom. The van der Waals surface area contributed by atoms with E-state index >= 15 is 0 Å². The van der Waals surface area contributed by atoms with Crippen LogP contribution in [-0.4, -0.2) is 66.9 Å². The van der Waals surface area contributed by atoms with Crippen molar-refractivity contribution in [2.75, 3.05) is 37.6 Å². The van der Waals surface area contributed by atoms with E-state index in [0.717, 1.165) is 44.2 Å². The van der Waals surface area contributed by atoms with Crippen LogP contribution in [0, 0.1) is 11.8 Å². The Balaban J connectivity index is 1.11. The number of nitrogens with one attached hydrogen (secondary N) is 1. The molecular weight excluding hydrogens is 464 g/mol. The molecule has 3 heterocycles. The molecule has 0 unspecified atom stereocenters. The van der Waals surface area contributed by atoms with E-state index in [9.17, 15) is 13.2 Å². The van der Waals surface area contributed by atoms with Gasteiger partial charge < -0.3 is 9.80 Å². The lowest BCUT2D eigenvalue weighted by Crippen LogP contribution is -2.51. The molecule has 1 aliphatic carbocycles. The summed E-state index contributed by atoms with van der Waals surface area (Å²) in [6, 6.07) is 10.6. The molecule has 2 fully saturated rings. The number of pyridine rings is 1. The van der Waals surface area contributed by atoms with Gasteiger partial charge in [-0.15, -0.1) is 0 Å². The molecule has 0 atom stereocenters. The first kappa shape index (κ1) is 23.6. The van der Waals surface area contributed by atoms with Crippen LogP contribution >= 0.6 is 0 Å². The second kappa shape index (κ2) is 10.2. The van der Waals surface area contributed by atoms with Crippen molar-refractivity contribution >= 4 is 32.8 Å². The number of amides is 1. The topological polar surface area (TPSA) is 108 Å². The number of anilines is 1. The van der Waals surface area contributed by atoms with Gasteiger partial charge in [-0.3, -0.25) is 9.78 Å². The molecule has 0 bridgehead atoms. The van der Waals surface area contributed by atoms with E-state index in [1.54, 1.807) is 42.9 Å². The zero-order chi connectivity index (χ0) is 24.3. The molecule has 184 valence electrons. The van der Waals surface area contributed by atoms with E-state index in [1.807, 2.05) is 17.0 Å². The number of nitrogens with zero attached hydrogens (tertiary/aromatic N) is 5. The van der Waals surface area contributed by atoms with Gasteiger partial charge in [0.05, 0.1) is 5.52 Å². The maximum absolute atomic E-state index is 13.1. The Bertz CT molecular complexity index is 1270. The number of aromatic nitrogens is 3. The number of para-hydroxylation sites is 1. The van der Waals surface area contributed by atoms with Gasteiger partial charge in [0.2, 0.25) is 21.9 Å². The molecular formula is C25H30N6O3S. The molecule has 0 radical (unpaired) electrons. The summed E-state index contributed by atoms with van der Waals surface area (Å²) in [5.41, 5.74) is 0.482. The fraction of sp³-hybridized carbons (Fsp3) is 0.440. The highest BCUT2D eigenvalue weighted by Crippen LogP contribution is 2.31. The molecule has 1 amide bonds. The number of rotatable bonds is 6. The highest BCUT2D eigenvalue weighted by Gasteiger charge is 2.32. The molecule has 2 aliphatic rings. The van der Waals surface area contributed by atoms with Crippen molar-refractivity contribution in [3.63, 3.8) is 0 Å². The Hall–Kier alpha value is -3.11. The van der Waals surface area contributed by atoms with Crippen molar-refractivity contribution in [1.82, 2.24) is 24.6 Å². The largest absolute Gasteiger partial charge is 0.339 e. The minimum atomic E-state index is -3.66. The lowest BCUT2D eigenvalue weighted by atomic mass is 9.81. The summed E-state index contributed by atoms with van der Waals surface area (Å²) in [7, 11) is -3.66. The lowest BCUT2D eigenvalue weighted by molar-refractivity contribution is -0.137. The maximum atomic E-state index is 13.1. The van der Waals surface area contributed by atoms with Crippen molar-refractivity contribution in [3.05, 3.63) is 55.0 Å². The summed E-state index contributed by atoms with van der Waals surface area (Å²) in [5, 5.41) is 0.798. The number of hydrogen-bond donors (Lipinski definition) is 1. The Morgan fingerprint density at radius 3 is 2.31 bits per heavy atom. The van der Waals surface area contributed by atoms with Crippen LogP contribution in [0.4, 0.5) is 5.95 Å². The molecule has 35 heavy (non-hydrogen) atoms. The third-order valence-electron chi connectivity index (χ3n) is 7.07. The van der Waals surface area contributed by atoms with Gasteiger partial charge in [-0.25, -0.2) is 23.1 Å². The van der Waals surface area contributed by atoms with Gasteiger partial charge in [0.15, 0.2) is 0 Å². The van der Waals surface area contributed by atoms with Crippen LogP contribution in [0.3, 0.4) is 0 Å². The zero-order valence-electron chi connectivity index (χ0n) is 19.6. The molecule has 5 rings (SSSR count). The first-order valence-electron chi connectivity index (χ1n) is 12.2. The van der Waals surface area contributed by atoms with Crippen molar-refractivity contribution < 1.29 is 13.2 Å². The number of benzene rings is 1. The average molecular weight is 495 g/mol. The molecule has 1 saturated heterocycles. The molecule has 1 aliphatic heterocycles. The van der Waals surface area contributed by atoms with Crippen molar-refractivity contribution in [2.24, 2.45) is 11.8 Å². The molecule has 3 aromatic rings. The number of piperazine rings is 1. The number of carbonyl (C=O) groups excluding carboxylic acids is 1. The van der Waals surface area contributed by atoms with Crippen LogP contribution in [0.5, 0.6) is 0 Å². The van der Waals surface area contributed by atoms with Crippen molar-refractivity contribution in [3.8, 4) is 0 Å². The number of fused-ring (bicyclic) bond motifs is 1. The number of carbonyl (C=O) groups is 1. The number of sulfonamides is 1. The summed E-state index contributed by atoms with van der Waals surface area (Å²) in [4.78, 5) is 30.2. The predicted octanol–water partition coefficient (Wildman–Crippen LogP) is 2.46. The Labute approximate surface area is 205 Å². The minimum Gasteiger partial charge on any atom is -0.339 e. The van der Waals surface area contributed by atoms with E-state index in [-0.39, 0.29) is 22.6 Å². The van der Waals surface area contributed by atoms with Gasteiger partial charge in [0.1, 0.15) is 4.90 Å². The van der Waals surface area contributed by atoms with E-state index in [0.29, 0.717) is 31.1 Å². The molecule has 9 nitrogen and oxygen atoms in total. The molecule has 1 N–H and O–H groups in total. The predicted molar refractivity (Wildman–Crippen MR) is 133 cm³/mol. The summed E-state index contributed by atoms with van der Waals surface area (Å²) in [6.45, 7) is 3.19. The molecule has 1 saturated carbocycles. The van der Waals surface area contributed by atoms with Crippen LogP contribution in [0.25, 0.3) is 10.9 Å². The van der Waals surface area contributed by atoms with Gasteiger partial charge in [-0.05, 0) is 49.8 Å². The smallest absolute Gasteiger partial charge is 0.242 e. The minimum absolute atomic E-state index is 0.0182. The van der Waals surface area contributed by atoms with Crippen LogP contribution in [0.2, 0.25) is 0 Å². The highest BCUT2D eigenvalue weighted by atomic mass is 32.2. The molecule has 1 aromatic carbocycles. The average Bonchev–Trinajstić information content (AvgIpc) is 2.92. The fourth-order valence-electron chi connectivity index (χ4n) is 5.05. The summed E-state index contributed by atoms with van der Waals surface area (Å²) < 4.78 is 28.7. The Morgan fingerprint density at radius 1 is 0.886 bits per heavy atom. The summed E-state index contributed by atoms with van der Waals surface area (Å²) >= 11 is 0. The van der Waals surface area contributed by atoms with E-state index in [1.165, 1.54) is 0 Å². The van der Waals surface area contributed by atoms with Crippen LogP contribution in [0.1, 0.15) is 25.7 Å². The molecule has 2 aromatic heterocycles. The summed E-state index contributed by atoms with van der Waals surface area (Å²) in [5.74, 6) is 1.18. The fourth-order valence-corrected chi connectivity index (χ4v) is 6.34. The third kappa shape index (κ3) is 5.28. The van der Waals surface area contributed by atoms with Gasteiger partial charge in [0.25, 0.3) is 0 Å². The van der Waals surface area contributed by atoms with Crippen LogP contribution < -0.4 is 9.62 Å². The highest BCUT2D eigenvalue weighted by molar-refractivity contribution is 7.89. The number of hydrogen-bond acceptors (Lipinski definition) is 7. The first-order valence-corrected chi connectivity index (χ1v) is 13.6. The van der Waals surface area contributed by atoms with E-state index < -0.39 is 10.0 Å². The maximum Gasteiger partial charge on any atom is 0.242 e. The second-order valence-corrected chi connectivity index (χ2v) is 11.0. The Kier molecular flexibility index (Phi) is 6.92. The standard InChI is InChI=1S/C25H30N6O3S/c32-24(30-14-16-31(17-15-30)25-27-12-3-13-28-25)21-9-7-19(8-10-21)18-29-35(33,34)22-6-1-4-20-5-2-11-26-23(20)22/h1-6,11-13,19,21,29H,7-10,14-18H2. The van der Waals surface area contributed by atoms with Crippen LogP contribution in [0.15, 0.2) is 59.9 Å². The second-order valence-electron chi connectivity index (χ2n) is 9.26. The molecule has 10 heteroatoms.